The van der Waals surface area contributed by atoms with Crippen molar-refractivity contribution >= 4 is 5.91 Å². The zero-order valence-electron chi connectivity index (χ0n) is 30.6. The van der Waals surface area contributed by atoms with E-state index in [-0.39, 0.29) is 6.61 Å². The molecule has 1 amide bonds. The van der Waals surface area contributed by atoms with Gasteiger partial charge in [0.1, 0.15) is 30.5 Å². The van der Waals surface area contributed by atoms with E-state index in [9.17, 15) is 35.4 Å². The number of unbranched alkanes of at least 4 members (excludes halogenated alkanes) is 21. The third kappa shape index (κ3) is 20.7. The summed E-state index contributed by atoms with van der Waals surface area (Å²) in [6.07, 6.45) is 18.8. The van der Waals surface area contributed by atoms with Gasteiger partial charge in [0.05, 0.1) is 25.4 Å². The highest BCUT2D eigenvalue weighted by molar-refractivity contribution is 5.80. The second-order valence-corrected chi connectivity index (χ2v) is 14.2. The normalized spacial score (nSPS) is 23.2. The summed E-state index contributed by atoms with van der Waals surface area (Å²) in [5, 5.41) is 64.4. The molecule has 0 bridgehead atoms. The van der Waals surface area contributed by atoms with Gasteiger partial charge in [-0.3, -0.25) is 4.79 Å². The Morgan fingerprint density at radius 3 is 1.48 bits per heavy atom. The van der Waals surface area contributed by atoms with Crippen LogP contribution < -0.4 is 5.32 Å². The monoisotopic (exact) mass is 690 g/mol. The number of hydrogen-bond donors (Lipinski definition) is 7. The SMILES string of the molecule is CCCCCCCCCCCCCCCCC(O)C(COC1OC(CO)C(O)C(O)C1O)NC(=O)C(O)CCCCCCCCCCC. The highest BCUT2D eigenvalue weighted by atomic mass is 16.7. The van der Waals surface area contributed by atoms with E-state index in [1.165, 1.54) is 96.3 Å². The van der Waals surface area contributed by atoms with Crippen LogP contribution in [0.4, 0.5) is 0 Å². The topological polar surface area (TPSA) is 169 Å². The van der Waals surface area contributed by atoms with Gasteiger partial charge in [0, 0.05) is 0 Å². The van der Waals surface area contributed by atoms with Gasteiger partial charge in [0.25, 0.3) is 0 Å². The molecule has 8 atom stereocenters. The summed E-state index contributed by atoms with van der Waals surface area (Å²) in [5.41, 5.74) is 0. The zero-order chi connectivity index (χ0) is 35.4. The third-order valence-corrected chi connectivity index (χ3v) is 9.82. The highest BCUT2D eigenvalue weighted by Gasteiger charge is 2.44. The number of aliphatic hydroxyl groups excluding tert-OH is 6. The first kappa shape index (κ1) is 45.2. The molecule has 1 aliphatic heterocycles. The minimum atomic E-state index is -1.59. The summed E-state index contributed by atoms with van der Waals surface area (Å²) < 4.78 is 11.1. The van der Waals surface area contributed by atoms with Crippen LogP contribution in [0.15, 0.2) is 0 Å². The van der Waals surface area contributed by atoms with E-state index in [0.717, 1.165) is 51.4 Å². The molecule has 0 aromatic carbocycles. The van der Waals surface area contributed by atoms with Crippen LogP contribution in [-0.2, 0) is 14.3 Å². The lowest BCUT2D eigenvalue weighted by atomic mass is 9.99. The molecule has 8 unspecified atom stereocenters. The Morgan fingerprint density at radius 2 is 1.04 bits per heavy atom. The third-order valence-electron chi connectivity index (χ3n) is 9.82. The number of nitrogens with one attached hydrogen (secondary N) is 1. The van der Waals surface area contributed by atoms with Crippen molar-refractivity contribution < 1.29 is 44.9 Å². The van der Waals surface area contributed by atoms with Crippen LogP contribution in [0.2, 0.25) is 0 Å². The number of amides is 1. The zero-order valence-corrected chi connectivity index (χ0v) is 30.6. The van der Waals surface area contributed by atoms with E-state index in [4.69, 9.17) is 9.47 Å². The fourth-order valence-electron chi connectivity index (χ4n) is 6.46. The molecule has 10 heteroatoms. The predicted octanol–water partition coefficient (Wildman–Crippen LogP) is 5.80. The van der Waals surface area contributed by atoms with Crippen LogP contribution in [0.1, 0.15) is 174 Å². The van der Waals surface area contributed by atoms with Gasteiger partial charge in [-0.1, -0.05) is 162 Å². The molecule has 0 aliphatic carbocycles. The summed E-state index contributed by atoms with van der Waals surface area (Å²) in [6, 6.07) is -0.885. The maximum absolute atomic E-state index is 12.9. The molecule has 0 aromatic heterocycles. The molecule has 1 aliphatic rings. The first-order valence-corrected chi connectivity index (χ1v) is 19.8. The van der Waals surface area contributed by atoms with Crippen LogP contribution in [0.25, 0.3) is 0 Å². The van der Waals surface area contributed by atoms with Crippen LogP contribution >= 0.6 is 0 Å². The summed E-state index contributed by atoms with van der Waals surface area (Å²) in [4.78, 5) is 12.9. The minimum absolute atomic E-state index is 0.251. The maximum atomic E-state index is 12.9. The van der Waals surface area contributed by atoms with Gasteiger partial charge >= 0.3 is 0 Å². The smallest absolute Gasteiger partial charge is 0.249 e. The largest absolute Gasteiger partial charge is 0.394 e. The molecule has 0 spiro atoms. The molecule has 0 aromatic rings. The van der Waals surface area contributed by atoms with E-state index >= 15 is 0 Å². The van der Waals surface area contributed by atoms with Crippen molar-refractivity contribution in [2.24, 2.45) is 0 Å². The molecule has 1 rings (SSSR count). The van der Waals surface area contributed by atoms with Crippen molar-refractivity contribution in [3.8, 4) is 0 Å². The Balaban J connectivity index is 2.47. The van der Waals surface area contributed by atoms with Gasteiger partial charge in [0.2, 0.25) is 5.91 Å². The molecular formula is C38H75NO9. The molecule has 1 fully saturated rings. The second-order valence-electron chi connectivity index (χ2n) is 14.2. The van der Waals surface area contributed by atoms with Gasteiger partial charge < -0.3 is 45.4 Å². The lowest BCUT2D eigenvalue weighted by molar-refractivity contribution is -0.302. The van der Waals surface area contributed by atoms with Gasteiger partial charge in [0.15, 0.2) is 6.29 Å². The standard InChI is InChI=1S/C38H75NO9/c1-3-5-7-9-11-13-14-15-16-17-19-20-22-24-26-31(41)30(29-47-38-36(45)35(44)34(43)33(28-40)48-38)39-37(46)32(42)27-25-23-21-18-12-10-8-6-4-2/h30-36,38,40-45H,3-29H2,1-2H3,(H,39,46). The molecule has 0 radical (unpaired) electrons. The van der Waals surface area contributed by atoms with Crippen molar-refractivity contribution in [2.75, 3.05) is 13.2 Å². The van der Waals surface area contributed by atoms with Crippen molar-refractivity contribution in [2.45, 2.75) is 223 Å². The lowest BCUT2D eigenvalue weighted by Gasteiger charge is -2.40. The molecule has 48 heavy (non-hydrogen) atoms. The number of carbonyl (C=O) groups is 1. The Morgan fingerprint density at radius 1 is 0.625 bits per heavy atom. The highest BCUT2D eigenvalue weighted by Crippen LogP contribution is 2.23. The lowest BCUT2D eigenvalue weighted by Crippen LogP contribution is -2.60. The fourth-order valence-corrected chi connectivity index (χ4v) is 6.46. The Labute approximate surface area is 292 Å². The Bertz CT molecular complexity index is 743. The summed E-state index contributed by atoms with van der Waals surface area (Å²) >= 11 is 0. The van der Waals surface area contributed by atoms with Gasteiger partial charge in [-0.2, -0.15) is 0 Å². The van der Waals surface area contributed by atoms with Crippen LogP contribution in [-0.4, -0.2) is 98.7 Å². The van der Waals surface area contributed by atoms with E-state index in [1.54, 1.807) is 0 Å². The van der Waals surface area contributed by atoms with E-state index in [2.05, 4.69) is 19.2 Å². The van der Waals surface area contributed by atoms with Crippen molar-refractivity contribution in [1.29, 1.82) is 0 Å². The van der Waals surface area contributed by atoms with Gasteiger partial charge in [-0.25, -0.2) is 0 Å². The molecule has 10 nitrogen and oxygen atoms in total. The van der Waals surface area contributed by atoms with Gasteiger partial charge in [-0.05, 0) is 12.8 Å². The predicted molar refractivity (Wildman–Crippen MR) is 190 cm³/mol. The van der Waals surface area contributed by atoms with E-state index < -0.39 is 61.5 Å². The average molecular weight is 690 g/mol. The van der Waals surface area contributed by atoms with E-state index in [0.29, 0.717) is 12.8 Å². The van der Waals surface area contributed by atoms with Crippen LogP contribution in [0, 0.1) is 0 Å². The molecule has 1 heterocycles. The average Bonchev–Trinajstić information content (AvgIpc) is 3.08. The fraction of sp³-hybridized carbons (Fsp3) is 0.974. The molecule has 7 N–H and O–H groups in total. The van der Waals surface area contributed by atoms with Crippen molar-refractivity contribution in [1.82, 2.24) is 5.32 Å². The van der Waals surface area contributed by atoms with Crippen LogP contribution in [0.5, 0.6) is 0 Å². The molecule has 1 saturated heterocycles. The quantitative estimate of drug-likeness (QED) is 0.0432. The Hall–Kier alpha value is -0.850. The van der Waals surface area contributed by atoms with Crippen LogP contribution in [0.3, 0.4) is 0 Å². The van der Waals surface area contributed by atoms with E-state index in [1.807, 2.05) is 0 Å². The summed E-state index contributed by atoms with van der Waals surface area (Å²) in [7, 11) is 0. The maximum Gasteiger partial charge on any atom is 0.249 e. The number of rotatable bonds is 32. The Kier molecular flexibility index (Phi) is 28.1. The first-order chi connectivity index (χ1) is 23.3. The summed E-state index contributed by atoms with van der Waals surface area (Å²) in [5.74, 6) is -0.586. The number of ether oxygens (including phenoxy) is 2. The minimum Gasteiger partial charge on any atom is -0.394 e. The number of hydrogen-bond acceptors (Lipinski definition) is 9. The van der Waals surface area contributed by atoms with Crippen molar-refractivity contribution in [3.63, 3.8) is 0 Å². The second kappa shape index (κ2) is 29.8. The van der Waals surface area contributed by atoms with Gasteiger partial charge in [-0.15, -0.1) is 0 Å². The number of aliphatic hydroxyl groups is 6. The molecular weight excluding hydrogens is 614 g/mol. The van der Waals surface area contributed by atoms with Crippen molar-refractivity contribution in [3.05, 3.63) is 0 Å². The molecule has 286 valence electrons. The first-order valence-electron chi connectivity index (χ1n) is 19.8. The molecule has 0 saturated carbocycles. The number of carbonyl (C=O) groups excluding carboxylic acids is 1. The summed E-state index contributed by atoms with van der Waals surface area (Å²) in [6.45, 7) is 3.62.